The fourth-order valence-electron chi connectivity index (χ4n) is 0.783. The van der Waals surface area contributed by atoms with E-state index in [4.69, 9.17) is 20.5 Å². The predicted molar refractivity (Wildman–Crippen MR) is 54.8 cm³/mol. The number of ether oxygens (including phenoxy) is 2. The molecule has 0 aromatic heterocycles. The minimum Gasteiger partial charge on any atom is -0.379 e. The van der Waals surface area contributed by atoms with Crippen LogP contribution in [0.2, 0.25) is 0 Å². The maximum absolute atomic E-state index is 8.58. The van der Waals surface area contributed by atoms with Gasteiger partial charge in [-0.1, -0.05) is 13.3 Å². The number of nitriles is 1. The van der Waals surface area contributed by atoms with Crippen LogP contribution in [0.25, 0.3) is 0 Å². The van der Waals surface area contributed by atoms with E-state index in [0.29, 0.717) is 13.2 Å². The standard InChI is InChI=1S/C10H20N2O2/c1-3-4-5-13-6-7-14-9-10(2,12)8-11/h3-7,9,12H2,1-2H3. The van der Waals surface area contributed by atoms with Gasteiger partial charge >= 0.3 is 0 Å². The highest BCUT2D eigenvalue weighted by Gasteiger charge is 2.16. The Morgan fingerprint density at radius 1 is 1.29 bits per heavy atom. The van der Waals surface area contributed by atoms with Crippen molar-refractivity contribution in [1.29, 1.82) is 5.26 Å². The molecule has 0 fully saturated rings. The summed E-state index contributed by atoms with van der Waals surface area (Å²) in [5.41, 5.74) is 4.67. The Balaban J connectivity index is 3.18. The van der Waals surface area contributed by atoms with Crippen LogP contribution in [-0.2, 0) is 9.47 Å². The van der Waals surface area contributed by atoms with Crippen LogP contribution in [0.4, 0.5) is 0 Å². The maximum atomic E-state index is 8.58. The first-order chi connectivity index (χ1) is 6.62. The minimum absolute atomic E-state index is 0.251. The number of hydrogen-bond donors (Lipinski definition) is 1. The number of nitrogens with zero attached hydrogens (tertiary/aromatic N) is 1. The Morgan fingerprint density at radius 2 is 1.93 bits per heavy atom. The van der Waals surface area contributed by atoms with Gasteiger partial charge in [0.05, 0.1) is 25.9 Å². The highest BCUT2D eigenvalue weighted by Crippen LogP contribution is 1.96. The minimum atomic E-state index is -0.885. The van der Waals surface area contributed by atoms with Gasteiger partial charge < -0.3 is 15.2 Å². The molecule has 0 radical (unpaired) electrons. The molecule has 0 aliphatic carbocycles. The first-order valence-electron chi connectivity index (χ1n) is 4.98. The van der Waals surface area contributed by atoms with Crippen LogP contribution in [0, 0.1) is 11.3 Å². The molecule has 0 aliphatic heterocycles. The van der Waals surface area contributed by atoms with E-state index in [-0.39, 0.29) is 6.61 Å². The molecule has 2 N–H and O–H groups in total. The second-order valence-corrected chi connectivity index (χ2v) is 3.55. The molecule has 1 atom stereocenters. The van der Waals surface area contributed by atoms with Gasteiger partial charge in [0.1, 0.15) is 5.54 Å². The third kappa shape index (κ3) is 7.99. The fourth-order valence-corrected chi connectivity index (χ4v) is 0.783. The summed E-state index contributed by atoms with van der Waals surface area (Å²) in [6.45, 7) is 5.86. The highest BCUT2D eigenvalue weighted by atomic mass is 16.5. The molecule has 0 amide bonds. The van der Waals surface area contributed by atoms with Crippen molar-refractivity contribution in [3.05, 3.63) is 0 Å². The number of hydrogen-bond acceptors (Lipinski definition) is 4. The molecule has 0 spiro atoms. The van der Waals surface area contributed by atoms with Gasteiger partial charge in [-0.15, -0.1) is 0 Å². The lowest BCUT2D eigenvalue weighted by atomic mass is 10.1. The van der Waals surface area contributed by atoms with Crippen molar-refractivity contribution in [2.24, 2.45) is 5.73 Å². The van der Waals surface area contributed by atoms with Gasteiger partial charge in [-0.05, 0) is 13.3 Å². The molecule has 0 saturated carbocycles. The fraction of sp³-hybridized carbons (Fsp3) is 0.900. The summed E-state index contributed by atoms with van der Waals surface area (Å²) >= 11 is 0. The van der Waals surface area contributed by atoms with Gasteiger partial charge in [0.2, 0.25) is 0 Å². The Labute approximate surface area is 86.0 Å². The molecule has 4 heteroatoms. The van der Waals surface area contributed by atoms with Gasteiger partial charge in [0, 0.05) is 6.61 Å². The predicted octanol–water partition coefficient (Wildman–Crippen LogP) is 1.06. The van der Waals surface area contributed by atoms with Crippen LogP contribution in [0.3, 0.4) is 0 Å². The molecule has 0 saturated heterocycles. The molecular weight excluding hydrogens is 180 g/mol. The van der Waals surface area contributed by atoms with Crippen LogP contribution < -0.4 is 5.73 Å². The van der Waals surface area contributed by atoms with E-state index in [0.717, 1.165) is 19.4 Å². The number of rotatable bonds is 8. The molecule has 0 rings (SSSR count). The smallest absolute Gasteiger partial charge is 0.124 e. The lowest BCUT2D eigenvalue weighted by Gasteiger charge is -2.15. The van der Waals surface area contributed by atoms with Crippen molar-refractivity contribution in [3.8, 4) is 6.07 Å². The van der Waals surface area contributed by atoms with E-state index >= 15 is 0 Å². The lowest BCUT2D eigenvalue weighted by molar-refractivity contribution is 0.0364. The van der Waals surface area contributed by atoms with E-state index in [1.807, 2.05) is 6.07 Å². The van der Waals surface area contributed by atoms with Crippen molar-refractivity contribution >= 4 is 0 Å². The van der Waals surface area contributed by atoms with Gasteiger partial charge in [0.15, 0.2) is 0 Å². The van der Waals surface area contributed by atoms with Crippen molar-refractivity contribution in [3.63, 3.8) is 0 Å². The zero-order chi connectivity index (χ0) is 10.9. The van der Waals surface area contributed by atoms with Crippen LogP contribution in [0.15, 0.2) is 0 Å². The second kappa shape index (κ2) is 7.74. The number of nitrogens with two attached hydrogens (primary N) is 1. The third-order valence-electron chi connectivity index (χ3n) is 1.67. The third-order valence-corrected chi connectivity index (χ3v) is 1.67. The first kappa shape index (κ1) is 13.4. The summed E-state index contributed by atoms with van der Waals surface area (Å²) in [6.07, 6.45) is 2.21. The van der Waals surface area contributed by atoms with E-state index in [1.54, 1.807) is 6.92 Å². The highest BCUT2D eigenvalue weighted by molar-refractivity contribution is 5.00. The van der Waals surface area contributed by atoms with E-state index in [1.165, 1.54) is 0 Å². The first-order valence-corrected chi connectivity index (χ1v) is 4.98. The summed E-state index contributed by atoms with van der Waals surface area (Å²) in [5, 5.41) is 8.58. The van der Waals surface area contributed by atoms with Gasteiger partial charge in [0.25, 0.3) is 0 Å². The quantitative estimate of drug-likeness (QED) is 0.595. The zero-order valence-corrected chi connectivity index (χ0v) is 9.08. The molecule has 0 heterocycles. The molecule has 0 aromatic rings. The van der Waals surface area contributed by atoms with E-state index in [9.17, 15) is 0 Å². The zero-order valence-electron chi connectivity index (χ0n) is 9.08. The van der Waals surface area contributed by atoms with Crippen LogP contribution in [-0.4, -0.2) is 32.0 Å². The SMILES string of the molecule is CCCCOCCOCC(C)(N)C#N. The van der Waals surface area contributed by atoms with Crippen LogP contribution >= 0.6 is 0 Å². The van der Waals surface area contributed by atoms with Gasteiger partial charge in [-0.2, -0.15) is 5.26 Å². The van der Waals surface area contributed by atoms with Gasteiger partial charge in [-0.3, -0.25) is 0 Å². The van der Waals surface area contributed by atoms with Crippen molar-refractivity contribution in [2.75, 3.05) is 26.4 Å². The topological polar surface area (TPSA) is 68.3 Å². The summed E-state index contributed by atoms with van der Waals surface area (Å²) in [5.74, 6) is 0. The van der Waals surface area contributed by atoms with E-state index in [2.05, 4.69) is 6.92 Å². The summed E-state index contributed by atoms with van der Waals surface area (Å²) in [4.78, 5) is 0. The molecule has 0 aromatic carbocycles. The van der Waals surface area contributed by atoms with Crippen molar-refractivity contribution in [1.82, 2.24) is 0 Å². The normalized spacial score (nSPS) is 14.7. The van der Waals surface area contributed by atoms with Crippen LogP contribution in [0.5, 0.6) is 0 Å². The average molecular weight is 200 g/mol. The van der Waals surface area contributed by atoms with Gasteiger partial charge in [-0.25, -0.2) is 0 Å². The molecular formula is C10H20N2O2. The van der Waals surface area contributed by atoms with Crippen molar-refractivity contribution in [2.45, 2.75) is 32.2 Å². The Hall–Kier alpha value is -0.630. The molecule has 4 nitrogen and oxygen atoms in total. The Bertz CT molecular complexity index is 175. The number of unbranched alkanes of at least 4 members (excludes halogenated alkanes) is 1. The summed E-state index contributed by atoms with van der Waals surface area (Å²) in [6, 6.07) is 1.96. The molecule has 14 heavy (non-hydrogen) atoms. The monoisotopic (exact) mass is 200 g/mol. The molecule has 82 valence electrons. The molecule has 1 unspecified atom stereocenters. The lowest BCUT2D eigenvalue weighted by Crippen LogP contribution is -2.39. The molecule has 0 aliphatic rings. The molecule has 0 bridgehead atoms. The summed E-state index contributed by atoms with van der Waals surface area (Å²) < 4.78 is 10.5. The van der Waals surface area contributed by atoms with Crippen LogP contribution in [0.1, 0.15) is 26.7 Å². The Kier molecular flexibility index (Phi) is 7.40. The van der Waals surface area contributed by atoms with Crippen molar-refractivity contribution < 1.29 is 9.47 Å². The summed E-state index contributed by atoms with van der Waals surface area (Å²) in [7, 11) is 0. The average Bonchev–Trinajstić information content (AvgIpc) is 2.16. The Morgan fingerprint density at radius 3 is 2.50 bits per heavy atom. The second-order valence-electron chi connectivity index (χ2n) is 3.55. The maximum Gasteiger partial charge on any atom is 0.124 e. The van der Waals surface area contributed by atoms with E-state index < -0.39 is 5.54 Å². The largest absolute Gasteiger partial charge is 0.379 e.